The lowest BCUT2D eigenvalue weighted by Gasteiger charge is -2.20. The highest BCUT2D eigenvalue weighted by atomic mass is 15.1. The smallest absolute Gasteiger partial charge is 0.0702 e. The van der Waals surface area contributed by atoms with Crippen molar-refractivity contribution in [2.45, 2.75) is 13.0 Å². The predicted octanol–water partition coefficient (Wildman–Crippen LogP) is 4.52. The van der Waals surface area contributed by atoms with Crippen molar-refractivity contribution in [2.75, 3.05) is 14.1 Å². The normalized spacial score (nSPS) is 12.8. The summed E-state index contributed by atoms with van der Waals surface area (Å²) in [6.07, 6.45) is 1.83. The van der Waals surface area contributed by atoms with Gasteiger partial charge in [-0.05, 0) is 62.0 Å². The van der Waals surface area contributed by atoms with Gasteiger partial charge in [-0.2, -0.15) is 0 Å². The molecule has 0 amide bonds. The monoisotopic (exact) mass is 276 g/mol. The number of aromatic nitrogens is 1. The quantitative estimate of drug-likeness (QED) is 0.699. The number of fused-ring (bicyclic) bond motifs is 1. The Labute approximate surface area is 126 Å². The minimum absolute atomic E-state index is 0.409. The first-order chi connectivity index (χ1) is 10.1. The lowest BCUT2D eigenvalue weighted by molar-refractivity contribution is 0.321. The summed E-state index contributed by atoms with van der Waals surface area (Å²) in [5.41, 5.74) is 4.87. The highest BCUT2D eigenvalue weighted by Gasteiger charge is 2.09. The predicted molar refractivity (Wildman–Crippen MR) is 89.3 cm³/mol. The molecule has 3 aromatic rings. The van der Waals surface area contributed by atoms with Crippen LogP contribution in [-0.2, 0) is 0 Å². The molecule has 1 heterocycles. The summed E-state index contributed by atoms with van der Waals surface area (Å²) in [6, 6.07) is 19.7. The Bertz CT molecular complexity index is 762. The largest absolute Gasteiger partial charge is 0.303 e. The van der Waals surface area contributed by atoms with E-state index >= 15 is 0 Å². The number of pyridine rings is 1. The van der Waals surface area contributed by atoms with Gasteiger partial charge in [0.1, 0.15) is 0 Å². The van der Waals surface area contributed by atoms with Crippen molar-refractivity contribution in [3.63, 3.8) is 0 Å². The zero-order valence-corrected chi connectivity index (χ0v) is 12.7. The molecule has 1 aromatic heterocycles. The van der Waals surface area contributed by atoms with Crippen molar-refractivity contribution in [3.05, 3.63) is 66.4 Å². The van der Waals surface area contributed by atoms with Crippen LogP contribution in [0, 0.1) is 0 Å². The van der Waals surface area contributed by atoms with Gasteiger partial charge in [0.15, 0.2) is 0 Å². The van der Waals surface area contributed by atoms with E-state index in [2.05, 4.69) is 79.4 Å². The van der Waals surface area contributed by atoms with Crippen LogP contribution in [0.15, 0.2) is 60.8 Å². The lowest BCUT2D eigenvalue weighted by Crippen LogP contribution is -2.16. The van der Waals surface area contributed by atoms with Crippen molar-refractivity contribution < 1.29 is 0 Å². The maximum atomic E-state index is 4.38. The van der Waals surface area contributed by atoms with Gasteiger partial charge in [-0.15, -0.1) is 0 Å². The van der Waals surface area contributed by atoms with E-state index in [0.29, 0.717) is 6.04 Å². The maximum absolute atomic E-state index is 4.38. The molecule has 21 heavy (non-hydrogen) atoms. The van der Waals surface area contributed by atoms with E-state index in [1.54, 1.807) is 0 Å². The van der Waals surface area contributed by atoms with E-state index in [1.807, 2.05) is 12.3 Å². The number of rotatable bonds is 3. The fraction of sp³-hybridized carbons (Fsp3) is 0.211. The molecule has 3 rings (SSSR count). The highest BCUT2D eigenvalue weighted by molar-refractivity contribution is 5.84. The third-order valence-corrected chi connectivity index (χ3v) is 4.08. The third kappa shape index (κ3) is 2.81. The van der Waals surface area contributed by atoms with Crippen molar-refractivity contribution in [3.8, 4) is 11.1 Å². The Morgan fingerprint density at radius 3 is 2.52 bits per heavy atom. The van der Waals surface area contributed by atoms with Crippen LogP contribution in [0.25, 0.3) is 22.0 Å². The summed E-state index contributed by atoms with van der Waals surface area (Å²) in [6.45, 7) is 2.23. The summed E-state index contributed by atoms with van der Waals surface area (Å²) in [5, 5.41) is 1.18. The molecule has 1 atom stereocenters. The number of hydrogen-bond acceptors (Lipinski definition) is 2. The number of hydrogen-bond donors (Lipinski definition) is 0. The van der Waals surface area contributed by atoms with E-state index < -0.39 is 0 Å². The first-order valence-electron chi connectivity index (χ1n) is 7.27. The SMILES string of the molecule is C[C@H](c1cccc(-c2ccc3ncccc3c2)c1)N(C)C. The molecule has 0 fully saturated rings. The topological polar surface area (TPSA) is 16.1 Å². The second kappa shape index (κ2) is 5.66. The molecule has 0 aliphatic rings. The van der Waals surface area contributed by atoms with E-state index in [0.717, 1.165) is 5.52 Å². The minimum Gasteiger partial charge on any atom is -0.303 e. The zero-order chi connectivity index (χ0) is 14.8. The van der Waals surface area contributed by atoms with Crippen LogP contribution in [0.2, 0.25) is 0 Å². The first kappa shape index (κ1) is 13.8. The van der Waals surface area contributed by atoms with Crippen molar-refractivity contribution in [1.82, 2.24) is 9.88 Å². The second-order valence-electron chi connectivity index (χ2n) is 5.68. The van der Waals surface area contributed by atoms with E-state index in [-0.39, 0.29) is 0 Å². The van der Waals surface area contributed by atoms with Crippen molar-refractivity contribution in [1.29, 1.82) is 0 Å². The third-order valence-electron chi connectivity index (χ3n) is 4.08. The van der Waals surface area contributed by atoms with E-state index in [4.69, 9.17) is 0 Å². The van der Waals surface area contributed by atoms with Gasteiger partial charge in [0.2, 0.25) is 0 Å². The second-order valence-corrected chi connectivity index (χ2v) is 5.68. The Morgan fingerprint density at radius 1 is 0.905 bits per heavy atom. The van der Waals surface area contributed by atoms with Crippen LogP contribution in [0.5, 0.6) is 0 Å². The standard InChI is InChI=1S/C19H20N2/c1-14(21(2)3)15-6-4-7-16(12-15)17-9-10-19-18(13-17)8-5-11-20-19/h4-14H,1-3H3/t14-/m1/s1. The molecule has 2 aromatic carbocycles. The summed E-state index contributed by atoms with van der Waals surface area (Å²) in [4.78, 5) is 6.60. The average molecular weight is 276 g/mol. The molecule has 0 bridgehead atoms. The van der Waals surface area contributed by atoms with Crippen LogP contribution in [-0.4, -0.2) is 24.0 Å². The lowest BCUT2D eigenvalue weighted by atomic mass is 9.98. The molecule has 0 unspecified atom stereocenters. The van der Waals surface area contributed by atoms with Gasteiger partial charge >= 0.3 is 0 Å². The summed E-state index contributed by atoms with van der Waals surface area (Å²) < 4.78 is 0. The van der Waals surface area contributed by atoms with Crippen molar-refractivity contribution in [2.24, 2.45) is 0 Å². The first-order valence-corrected chi connectivity index (χ1v) is 7.27. The van der Waals surface area contributed by atoms with Crippen molar-refractivity contribution >= 4 is 10.9 Å². The van der Waals surface area contributed by atoms with Gasteiger partial charge in [-0.1, -0.05) is 30.3 Å². The average Bonchev–Trinajstić information content (AvgIpc) is 2.53. The van der Waals surface area contributed by atoms with Gasteiger partial charge in [-0.3, -0.25) is 4.98 Å². The molecule has 0 aliphatic carbocycles. The summed E-state index contributed by atoms with van der Waals surface area (Å²) >= 11 is 0. The minimum atomic E-state index is 0.409. The van der Waals surface area contributed by atoms with Crippen LogP contribution in [0.1, 0.15) is 18.5 Å². The van der Waals surface area contributed by atoms with Gasteiger partial charge < -0.3 is 4.90 Å². The summed E-state index contributed by atoms with van der Waals surface area (Å²) in [7, 11) is 4.22. The molecule has 106 valence electrons. The molecule has 2 heteroatoms. The Balaban J connectivity index is 2.04. The fourth-order valence-electron chi connectivity index (χ4n) is 2.53. The van der Waals surface area contributed by atoms with Crippen LogP contribution in [0.4, 0.5) is 0 Å². The molecule has 2 nitrogen and oxygen atoms in total. The van der Waals surface area contributed by atoms with Crippen LogP contribution in [0.3, 0.4) is 0 Å². The van der Waals surface area contributed by atoms with Gasteiger partial charge in [0.05, 0.1) is 5.52 Å². The van der Waals surface area contributed by atoms with Crippen LogP contribution < -0.4 is 0 Å². The van der Waals surface area contributed by atoms with Crippen LogP contribution >= 0.6 is 0 Å². The molecule has 0 spiro atoms. The highest BCUT2D eigenvalue weighted by Crippen LogP contribution is 2.27. The van der Waals surface area contributed by atoms with E-state index in [1.165, 1.54) is 22.1 Å². The molecule has 0 aliphatic heterocycles. The maximum Gasteiger partial charge on any atom is 0.0702 e. The molecule has 0 N–H and O–H groups in total. The molecule has 0 radical (unpaired) electrons. The molecular formula is C19H20N2. The Hall–Kier alpha value is -2.19. The van der Waals surface area contributed by atoms with Gasteiger partial charge in [0, 0.05) is 17.6 Å². The molecule has 0 saturated heterocycles. The zero-order valence-electron chi connectivity index (χ0n) is 12.7. The molecule has 0 saturated carbocycles. The Morgan fingerprint density at radius 2 is 1.71 bits per heavy atom. The molecular weight excluding hydrogens is 256 g/mol. The fourth-order valence-corrected chi connectivity index (χ4v) is 2.53. The van der Waals surface area contributed by atoms with Gasteiger partial charge in [-0.25, -0.2) is 0 Å². The van der Waals surface area contributed by atoms with E-state index in [9.17, 15) is 0 Å². The number of benzene rings is 2. The Kier molecular flexibility index (Phi) is 3.72. The summed E-state index contributed by atoms with van der Waals surface area (Å²) in [5.74, 6) is 0. The van der Waals surface area contributed by atoms with Gasteiger partial charge in [0.25, 0.3) is 0 Å². The number of nitrogens with zero attached hydrogens (tertiary/aromatic N) is 2.